The van der Waals surface area contributed by atoms with E-state index in [0.717, 1.165) is 5.56 Å². The van der Waals surface area contributed by atoms with Gasteiger partial charge in [-0.25, -0.2) is 5.10 Å². The number of nitrogens with one attached hydrogen (secondary N) is 1. The van der Waals surface area contributed by atoms with Crippen molar-refractivity contribution in [2.45, 2.75) is 26.4 Å². The van der Waals surface area contributed by atoms with Crippen LogP contribution >= 0.6 is 11.6 Å². The van der Waals surface area contributed by atoms with Crippen molar-refractivity contribution in [3.8, 4) is 17.0 Å². The van der Waals surface area contributed by atoms with Crippen molar-refractivity contribution in [2.24, 2.45) is 0 Å². The van der Waals surface area contributed by atoms with Crippen LogP contribution in [0.3, 0.4) is 0 Å². The van der Waals surface area contributed by atoms with Crippen molar-refractivity contribution in [3.05, 3.63) is 51.1 Å². The van der Waals surface area contributed by atoms with Crippen LogP contribution in [0.1, 0.15) is 17.9 Å². The first-order valence-electron chi connectivity index (χ1n) is 8.68. The van der Waals surface area contributed by atoms with E-state index in [4.69, 9.17) is 20.9 Å². The quantitative estimate of drug-likeness (QED) is 0.666. The van der Waals surface area contributed by atoms with E-state index in [1.807, 2.05) is 4.90 Å². The molecule has 28 heavy (non-hydrogen) atoms. The molecule has 0 bridgehead atoms. The molecule has 146 valence electrons. The molecule has 0 amide bonds. The van der Waals surface area contributed by atoms with Crippen LogP contribution in [0.4, 0.5) is 10.1 Å². The molecule has 4 rings (SSSR count). The second-order valence-electron chi connectivity index (χ2n) is 6.59. The molecule has 0 unspecified atom stereocenters. The maximum Gasteiger partial charge on any atom is 0.285 e. The summed E-state index contributed by atoms with van der Waals surface area (Å²) in [6, 6.07) is 2.99. The van der Waals surface area contributed by atoms with Crippen molar-refractivity contribution >= 4 is 17.3 Å². The lowest BCUT2D eigenvalue weighted by molar-refractivity contribution is 0.213. The molecule has 4 heterocycles. The van der Waals surface area contributed by atoms with Gasteiger partial charge in [0.1, 0.15) is 16.9 Å². The highest BCUT2D eigenvalue weighted by atomic mass is 35.5. The summed E-state index contributed by atoms with van der Waals surface area (Å²) in [5.74, 6) is 0.124. The molecule has 1 N–H and O–H groups in total. The van der Waals surface area contributed by atoms with Crippen LogP contribution in [-0.4, -0.2) is 39.5 Å². The Morgan fingerprint density at radius 1 is 1.39 bits per heavy atom. The highest BCUT2D eigenvalue weighted by Gasteiger charge is 2.27. The van der Waals surface area contributed by atoms with Crippen LogP contribution in [0.2, 0.25) is 5.02 Å². The van der Waals surface area contributed by atoms with Gasteiger partial charge in [-0.2, -0.15) is 14.5 Å². The van der Waals surface area contributed by atoms with E-state index >= 15 is 0 Å². The Hall–Kier alpha value is -2.94. The van der Waals surface area contributed by atoms with Crippen molar-refractivity contribution in [2.75, 3.05) is 18.0 Å². The number of nitrogens with zero attached hydrogens (tertiary/aromatic N) is 4. The standard InChI is InChI=1S/C18H17ClFN5O3/c1-9-16(10(2)28-24-9)11-5-14(20)22-15(6-11)27-12-3-4-25(8-12)13-7-21-23-18(26)17(13)19/h5-7,12H,3-4,8H2,1-2H3,(H,23,26)/t12-/m1/s1. The molecule has 0 aromatic carbocycles. The third kappa shape index (κ3) is 3.45. The van der Waals surface area contributed by atoms with Gasteiger partial charge in [0, 0.05) is 30.7 Å². The zero-order chi connectivity index (χ0) is 19.8. The Bertz CT molecular complexity index is 1060. The summed E-state index contributed by atoms with van der Waals surface area (Å²) in [5, 5.41) is 10.1. The first kappa shape index (κ1) is 18.4. The molecular formula is C18H17ClFN5O3. The average Bonchev–Trinajstić information content (AvgIpc) is 3.23. The fourth-order valence-electron chi connectivity index (χ4n) is 3.38. The second-order valence-corrected chi connectivity index (χ2v) is 6.97. The van der Waals surface area contributed by atoms with Gasteiger partial charge < -0.3 is 14.2 Å². The van der Waals surface area contributed by atoms with Gasteiger partial charge in [0.05, 0.1) is 24.1 Å². The number of aromatic amines is 1. The molecule has 3 aromatic rings. The van der Waals surface area contributed by atoms with Crippen molar-refractivity contribution in [1.29, 1.82) is 0 Å². The molecule has 0 radical (unpaired) electrons. The number of anilines is 1. The fraction of sp³-hybridized carbons (Fsp3) is 0.333. The van der Waals surface area contributed by atoms with E-state index < -0.39 is 11.5 Å². The van der Waals surface area contributed by atoms with E-state index in [2.05, 4.69) is 20.3 Å². The SMILES string of the molecule is Cc1noc(C)c1-c1cc(F)nc(O[C@@H]2CCN(c3cn[nH]c(=O)c3Cl)C2)c1. The van der Waals surface area contributed by atoms with Crippen LogP contribution < -0.4 is 15.2 Å². The third-order valence-electron chi connectivity index (χ3n) is 4.64. The Morgan fingerprint density at radius 3 is 2.96 bits per heavy atom. The molecule has 0 aliphatic carbocycles. The normalized spacial score (nSPS) is 16.6. The monoisotopic (exact) mass is 405 g/mol. The second kappa shape index (κ2) is 7.23. The molecule has 1 aliphatic heterocycles. The highest BCUT2D eigenvalue weighted by Crippen LogP contribution is 2.31. The van der Waals surface area contributed by atoms with Crippen LogP contribution in [-0.2, 0) is 0 Å². The van der Waals surface area contributed by atoms with E-state index in [1.165, 1.54) is 12.3 Å². The van der Waals surface area contributed by atoms with Crippen molar-refractivity contribution in [3.63, 3.8) is 0 Å². The van der Waals surface area contributed by atoms with Gasteiger partial charge in [-0.3, -0.25) is 4.79 Å². The lowest BCUT2D eigenvalue weighted by atomic mass is 10.1. The van der Waals surface area contributed by atoms with Gasteiger partial charge in [0.25, 0.3) is 5.56 Å². The molecular weight excluding hydrogens is 389 g/mol. The molecule has 0 spiro atoms. The number of H-pyrrole nitrogens is 1. The molecule has 1 aliphatic rings. The number of aromatic nitrogens is 4. The van der Waals surface area contributed by atoms with E-state index in [9.17, 15) is 9.18 Å². The molecule has 0 saturated carbocycles. The number of halogens is 2. The van der Waals surface area contributed by atoms with Crippen LogP contribution in [0.5, 0.6) is 5.88 Å². The Morgan fingerprint density at radius 2 is 2.21 bits per heavy atom. The number of ether oxygens (including phenoxy) is 1. The summed E-state index contributed by atoms with van der Waals surface area (Å²) >= 11 is 6.07. The maximum atomic E-state index is 14.1. The maximum absolute atomic E-state index is 14.1. The number of rotatable bonds is 4. The number of hydrogen-bond donors (Lipinski definition) is 1. The van der Waals surface area contributed by atoms with E-state index in [-0.39, 0.29) is 17.0 Å². The highest BCUT2D eigenvalue weighted by molar-refractivity contribution is 6.33. The molecule has 1 fully saturated rings. The Kier molecular flexibility index (Phi) is 4.76. The molecule has 1 atom stereocenters. The van der Waals surface area contributed by atoms with Gasteiger partial charge in [-0.1, -0.05) is 16.8 Å². The smallest absolute Gasteiger partial charge is 0.285 e. The molecule has 3 aromatic heterocycles. The zero-order valence-electron chi connectivity index (χ0n) is 15.2. The van der Waals surface area contributed by atoms with Crippen LogP contribution in [0.25, 0.3) is 11.1 Å². The van der Waals surface area contributed by atoms with Gasteiger partial charge in [0.15, 0.2) is 0 Å². The number of hydrogen-bond acceptors (Lipinski definition) is 7. The predicted octanol–water partition coefficient (Wildman–Crippen LogP) is 2.89. The first-order valence-corrected chi connectivity index (χ1v) is 9.06. The van der Waals surface area contributed by atoms with E-state index in [1.54, 1.807) is 19.9 Å². The molecule has 10 heteroatoms. The summed E-state index contributed by atoms with van der Waals surface area (Å²) < 4.78 is 25.1. The van der Waals surface area contributed by atoms with Gasteiger partial charge >= 0.3 is 0 Å². The van der Waals surface area contributed by atoms with E-state index in [0.29, 0.717) is 42.2 Å². The van der Waals surface area contributed by atoms with Gasteiger partial charge in [-0.15, -0.1) is 0 Å². The lowest BCUT2D eigenvalue weighted by Gasteiger charge is -2.19. The van der Waals surface area contributed by atoms with Gasteiger partial charge in [0.2, 0.25) is 11.8 Å². The lowest BCUT2D eigenvalue weighted by Crippen LogP contribution is -2.26. The van der Waals surface area contributed by atoms with Crippen molar-refractivity contribution < 1.29 is 13.7 Å². The summed E-state index contributed by atoms with van der Waals surface area (Å²) in [4.78, 5) is 17.4. The first-order chi connectivity index (χ1) is 13.4. The number of aryl methyl sites for hydroxylation is 2. The average molecular weight is 406 g/mol. The minimum atomic E-state index is -0.649. The predicted molar refractivity (Wildman–Crippen MR) is 100 cm³/mol. The third-order valence-corrected chi connectivity index (χ3v) is 5.01. The van der Waals surface area contributed by atoms with Crippen LogP contribution in [0.15, 0.2) is 27.6 Å². The minimum Gasteiger partial charge on any atom is -0.472 e. The summed E-state index contributed by atoms with van der Waals surface area (Å²) in [5.41, 5.74) is 2.08. The molecule has 8 nitrogen and oxygen atoms in total. The molecule has 1 saturated heterocycles. The Balaban J connectivity index is 1.54. The topological polar surface area (TPSA) is 97.1 Å². The minimum absolute atomic E-state index is 0.0835. The van der Waals surface area contributed by atoms with Crippen molar-refractivity contribution in [1.82, 2.24) is 20.3 Å². The summed E-state index contributed by atoms with van der Waals surface area (Å²) in [7, 11) is 0. The van der Waals surface area contributed by atoms with Gasteiger partial charge in [-0.05, 0) is 19.4 Å². The summed E-state index contributed by atoms with van der Waals surface area (Å²) in [6.45, 7) is 4.66. The summed E-state index contributed by atoms with van der Waals surface area (Å²) in [6.07, 6.45) is 1.94. The fourth-order valence-corrected chi connectivity index (χ4v) is 3.59. The largest absolute Gasteiger partial charge is 0.472 e. The zero-order valence-corrected chi connectivity index (χ0v) is 16.0. The number of pyridine rings is 1. The van der Waals surface area contributed by atoms with Crippen LogP contribution in [0, 0.1) is 19.8 Å². The Labute approximate surface area is 164 Å².